The van der Waals surface area contributed by atoms with E-state index in [0.29, 0.717) is 16.3 Å². The van der Waals surface area contributed by atoms with Crippen molar-refractivity contribution in [2.24, 2.45) is 16.9 Å². The van der Waals surface area contributed by atoms with Crippen molar-refractivity contribution in [1.29, 1.82) is 0 Å². The first-order valence-electron chi connectivity index (χ1n) is 12.8. The van der Waals surface area contributed by atoms with Crippen LogP contribution in [0.3, 0.4) is 0 Å². The van der Waals surface area contributed by atoms with Crippen molar-refractivity contribution in [2.75, 3.05) is 4.90 Å². The van der Waals surface area contributed by atoms with E-state index in [1.54, 1.807) is 54.7 Å². The van der Waals surface area contributed by atoms with Gasteiger partial charge >= 0.3 is 0 Å². The van der Waals surface area contributed by atoms with Gasteiger partial charge in [-0.2, -0.15) is 5.10 Å². The predicted molar refractivity (Wildman–Crippen MR) is 157 cm³/mol. The number of nitrogens with one attached hydrogen (secondary N) is 1. The minimum Gasteiger partial charge on any atom is -0.274 e. The first-order valence-corrected chi connectivity index (χ1v) is 14.0. The Bertz CT molecular complexity index is 1710. The van der Waals surface area contributed by atoms with Gasteiger partial charge in [-0.1, -0.05) is 88.2 Å². The summed E-state index contributed by atoms with van der Waals surface area (Å²) in [6.07, 6.45) is 1.65. The fourth-order valence-corrected chi connectivity index (χ4v) is 7.26. The summed E-state index contributed by atoms with van der Waals surface area (Å²) in [5.74, 6) is -2.71. The van der Waals surface area contributed by atoms with Crippen LogP contribution in [0, 0.1) is 11.8 Å². The lowest BCUT2D eigenvalue weighted by Gasteiger charge is -2.52. The molecule has 3 aliphatic carbocycles. The fourth-order valence-electron chi connectivity index (χ4n) is 6.78. The summed E-state index contributed by atoms with van der Waals surface area (Å²) in [6, 6.07) is 29.6. The van der Waals surface area contributed by atoms with Gasteiger partial charge in [0, 0.05) is 22.2 Å². The summed E-state index contributed by atoms with van der Waals surface area (Å²) in [5.41, 5.74) is 6.16. The van der Waals surface area contributed by atoms with Gasteiger partial charge in [-0.15, -0.1) is 0 Å². The number of rotatable bonds is 4. The van der Waals surface area contributed by atoms with Gasteiger partial charge in [0.15, 0.2) is 0 Å². The first kappa shape index (κ1) is 24.9. The Morgan fingerprint density at radius 1 is 0.850 bits per heavy atom. The van der Waals surface area contributed by atoms with E-state index < -0.39 is 17.3 Å². The Morgan fingerprint density at radius 2 is 1.45 bits per heavy atom. The second kappa shape index (κ2) is 9.25. The van der Waals surface area contributed by atoms with Crippen LogP contribution in [0.2, 0.25) is 5.02 Å². The highest BCUT2D eigenvalue weighted by atomic mass is 79.9. The van der Waals surface area contributed by atoms with E-state index in [0.717, 1.165) is 26.7 Å². The zero-order valence-corrected chi connectivity index (χ0v) is 23.3. The lowest BCUT2D eigenvalue weighted by molar-refractivity contribution is -0.122. The molecule has 1 saturated heterocycles. The molecule has 196 valence electrons. The van der Waals surface area contributed by atoms with E-state index in [1.165, 1.54) is 4.90 Å². The maximum atomic E-state index is 14.4. The lowest BCUT2D eigenvalue weighted by atomic mass is 9.47. The molecule has 8 rings (SSSR count). The van der Waals surface area contributed by atoms with Crippen LogP contribution in [0.25, 0.3) is 0 Å². The van der Waals surface area contributed by atoms with Crippen molar-refractivity contribution < 1.29 is 14.4 Å². The van der Waals surface area contributed by atoms with Crippen molar-refractivity contribution in [2.45, 2.75) is 11.3 Å². The molecule has 1 N–H and O–H groups in total. The van der Waals surface area contributed by atoms with Crippen LogP contribution in [-0.4, -0.2) is 23.9 Å². The summed E-state index contributed by atoms with van der Waals surface area (Å²) in [7, 11) is 0. The molecule has 0 spiro atoms. The zero-order chi connectivity index (χ0) is 27.6. The molecule has 0 radical (unpaired) electrons. The Kier molecular flexibility index (Phi) is 5.77. The van der Waals surface area contributed by atoms with Crippen molar-refractivity contribution in [3.63, 3.8) is 0 Å². The molecule has 2 unspecified atom stereocenters. The van der Waals surface area contributed by atoms with Crippen LogP contribution < -0.4 is 10.3 Å². The Hall–Kier alpha value is -4.07. The van der Waals surface area contributed by atoms with Crippen molar-refractivity contribution in [3.8, 4) is 0 Å². The highest BCUT2D eigenvalue weighted by Gasteiger charge is 2.68. The molecule has 40 heavy (non-hydrogen) atoms. The summed E-state index contributed by atoms with van der Waals surface area (Å²) in [6.45, 7) is 0. The Labute approximate surface area is 243 Å². The first-order chi connectivity index (χ1) is 19.4. The van der Waals surface area contributed by atoms with Crippen LogP contribution in [0.1, 0.15) is 38.5 Å². The van der Waals surface area contributed by atoms with E-state index in [-0.39, 0.29) is 23.6 Å². The average Bonchev–Trinajstić information content (AvgIpc) is 3.24. The number of hydrazone groups is 1. The molecule has 4 aromatic carbocycles. The molecule has 1 fully saturated rings. The molecule has 3 amide bonds. The van der Waals surface area contributed by atoms with Gasteiger partial charge in [-0.05, 0) is 58.7 Å². The van der Waals surface area contributed by atoms with Crippen LogP contribution in [0.5, 0.6) is 0 Å². The maximum Gasteiger partial charge on any atom is 0.271 e. The van der Waals surface area contributed by atoms with Crippen LogP contribution in [0.15, 0.2) is 107 Å². The molecule has 2 bridgehead atoms. The lowest BCUT2D eigenvalue weighted by Crippen LogP contribution is -2.54. The van der Waals surface area contributed by atoms with Crippen LogP contribution >= 0.6 is 27.5 Å². The van der Waals surface area contributed by atoms with Gasteiger partial charge in [0.2, 0.25) is 11.8 Å². The van der Waals surface area contributed by atoms with Gasteiger partial charge in [0.25, 0.3) is 5.91 Å². The second-order valence-electron chi connectivity index (χ2n) is 10.2. The van der Waals surface area contributed by atoms with Crippen LogP contribution in [-0.2, 0) is 15.0 Å². The standard InChI is InChI=1S/C32H21BrClN3O3/c33-19-15-13-18(14-16-19)29(38)36-35-17-32-22-9-3-1-7-20(22)26(21-8-2-4-10-23(21)32)27-28(32)31(40)37(30(27)39)25-12-6-5-11-24(25)34/h1-17,26-28H,(H,36,38)/b35-17+. The number of amides is 3. The predicted octanol–water partition coefficient (Wildman–Crippen LogP) is 6.07. The molecule has 1 aliphatic heterocycles. The monoisotopic (exact) mass is 609 g/mol. The number of halogens is 2. The van der Waals surface area contributed by atoms with Crippen molar-refractivity contribution >= 4 is 57.2 Å². The summed E-state index contributed by atoms with van der Waals surface area (Å²) in [5, 5.41) is 4.78. The molecule has 4 aliphatic rings. The average molecular weight is 611 g/mol. The normalized spacial score (nSPS) is 24.1. The molecule has 8 heteroatoms. The van der Waals surface area contributed by atoms with Crippen LogP contribution in [0.4, 0.5) is 5.69 Å². The van der Waals surface area contributed by atoms with E-state index in [9.17, 15) is 14.4 Å². The topological polar surface area (TPSA) is 78.8 Å². The summed E-state index contributed by atoms with van der Waals surface area (Å²) >= 11 is 9.88. The molecular formula is C32H21BrClN3O3. The molecule has 4 aromatic rings. The molecule has 0 aromatic heterocycles. The third-order valence-electron chi connectivity index (χ3n) is 8.32. The number of anilines is 1. The molecular weight excluding hydrogens is 590 g/mol. The molecule has 1 heterocycles. The number of carbonyl (C=O) groups is 3. The number of nitrogens with zero attached hydrogens (tertiary/aromatic N) is 2. The Morgan fingerprint density at radius 3 is 2.10 bits per heavy atom. The van der Waals surface area contributed by atoms with E-state index >= 15 is 0 Å². The quantitative estimate of drug-likeness (QED) is 0.173. The number of benzene rings is 4. The van der Waals surface area contributed by atoms with Crippen molar-refractivity contribution in [3.05, 3.63) is 134 Å². The number of hydrogen-bond donors (Lipinski definition) is 1. The number of carbonyl (C=O) groups excluding carboxylic acids is 3. The number of imide groups is 1. The van der Waals surface area contributed by atoms with Crippen molar-refractivity contribution in [1.82, 2.24) is 5.43 Å². The summed E-state index contributed by atoms with van der Waals surface area (Å²) < 4.78 is 0.858. The highest BCUT2D eigenvalue weighted by molar-refractivity contribution is 9.10. The van der Waals surface area contributed by atoms with Gasteiger partial charge in [-0.25, -0.2) is 10.3 Å². The maximum absolute atomic E-state index is 14.4. The fraction of sp³-hybridized carbons (Fsp3) is 0.125. The molecule has 6 nitrogen and oxygen atoms in total. The van der Waals surface area contributed by atoms with E-state index in [1.807, 2.05) is 48.5 Å². The van der Waals surface area contributed by atoms with Gasteiger partial charge in [0.05, 0.1) is 28.0 Å². The minimum absolute atomic E-state index is 0.284. The third-order valence-corrected chi connectivity index (χ3v) is 9.17. The van der Waals surface area contributed by atoms with E-state index in [4.69, 9.17) is 11.6 Å². The van der Waals surface area contributed by atoms with E-state index in [2.05, 4.69) is 26.5 Å². The SMILES string of the molecule is O=C(N/N=C/C12c3ccccc3C(c3ccccc31)C1C(=O)N(c3ccccc3Cl)C(=O)C12)c1ccc(Br)cc1. The van der Waals surface area contributed by atoms with Gasteiger partial charge < -0.3 is 0 Å². The third kappa shape index (κ3) is 3.41. The molecule has 0 saturated carbocycles. The number of hydrogen-bond acceptors (Lipinski definition) is 4. The zero-order valence-electron chi connectivity index (χ0n) is 20.9. The second-order valence-corrected chi connectivity index (χ2v) is 11.5. The molecule has 2 atom stereocenters. The summed E-state index contributed by atoms with van der Waals surface area (Å²) in [4.78, 5) is 42.7. The van der Waals surface area contributed by atoms with Gasteiger partial charge in [-0.3, -0.25) is 14.4 Å². The number of para-hydroxylation sites is 1. The highest BCUT2D eigenvalue weighted by Crippen LogP contribution is 2.63. The largest absolute Gasteiger partial charge is 0.274 e. The smallest absolute Gasteiger partial charge is 0.271 e. The Balaban J connectivity index is 1.41. The van der Waals surface area contributed by atoms with Gasteiger partial charge in [0.1, 0.15) is 0 Å². The minimum atomic E-state index is -1.08.